The van der Waals surface area contributed by atoms with E-state index in [1.807, 2.05) is 42.5 Å². The molecular weight excluding hydrogens is 308 g/mol. The molecule has 1 aliphatic carbocycles. The van der Waals surface area contributed by atoms with Gasteiger partial charge in [0, 0.05) is 5.41 Å². The summed E-state index contributed by atoms with van der Waals surface area (Å²) in [5.41, 5.74) is 3.99. The minimum atomic E-state index is -0.283. The quantitative estimate of drug-likeness (QED) is 0.719. The van der Waals surface area contributed by atoms with E-state index in [4.69, 9.17) is 0 Å². The Morgan fingerprint density at radius 2 is 1.16 bits per heavy atom. The number of para-hydroxylation sites is 2. The highest BCUT2D eigenvalue weighted by Gasteiger charge is 2.36. The molecule has 0 heterocycles. The maximum Gasteiger partial charge on any atom is 0.118 e. The number of phenols is 2. The number of aromatic hydroxyl groups is 2. The van der Waals surface area contributed by atoms with Crippen LogP contribution < -0.4 is 0 Å². The number of allylic oxidation sites excluding steroid dienone is 1. The zero-order valence-corrected chi connectivity index (χ0v) is 13.9. The summed E-state index contributed by atoms with van der Waals surface area (Å²) in [6.07, 6.45) is 5.73. The fourth-order valence-electron chi connectivity index (χ4n) is 3.81. The lowest BCUT2D eigenvalue weighted by molar-refractivity contribution is 0.442. The Balaban J connectivity index is 1.81. The first-order valence-electron chi connectivity index (χ1n) is 8.50. The van der Waals surface area contributed by atoms with Crippen LogP contribution in [0.5, 0.6) is 11.5 Å². The third-order valence-corrected chi connectivity index (χ3v) is 5.07. The lowest BCUT2D eigenvalue weighted by Gasteiger charge is -2.30. The van der Waals surface area contributed by atoms with Gasteiger partial charge in [-0.3, -0.25) is 0 Å². The molecule has 1 aliphatic rings. The molecule has 0 atom stereocenters. The molecule has 0 unspecified atom stereocenters. The van der Waals surface area contributed by atoms with Gasteiger partial charge in [0.15, 0.2) is 0 Å². The van der Waals surface area contributed by atoms with E-state index >= 15 is 0 Å². The molecule has 0 spiro atoms. The van der Waals surface area contributed by atoms with Gasteiger partial charge in [-0.1, -0.05) is 72.8 Å². The molecule has 0 aromatic heterocycles. The molecule has 2 heteroatoms. The molecule has 25 heavy (non-hydrogen) atoms. The van der Waals surface area contributed by atoms with Crippen LogP contribution in [0.25, 0.3) is 6.08 Å². The van der Waals surface area contributed by atoms with Gasteiger partial charge in [-0.25, -0.2) is 0 Å². The topological polar surface area (TPSA) is 40.5 Å². The Morgan fingerprint density at radius 3 is 1.76 bits per heavy atom. The zero-order chi connectivity index (χ0) is 17.3. The van der Waals surface area contributed by atoms with Gasteiger partial charge in [0.2, 0.25) is 0 Å². The summed E-state index contributed by atoms with van der Waals surface area (Å²) in [5.74, 6) is 0.633. The molecule has 0 bridgehead atoms. The Bertz CT molecular complexity index is 893. The molecular formula is C23H20O2. The second-order valence-electron chi connectivity index (χ2n) is 6.69. The van der Waals surface area contributed by atoms with Gasteiger partial charge in [-0.2, -0.15) is 0 Å². The van der Waals surface area contributed by atoms with Crippen molar-refractivity contribution >= 4 is 6.08 Å². The highest BCUT2D eigenvalue weighted by Crippen LogP contribution is 2.43. The fraction of sp³-hybridized carbons (Fsp3) is 0.130. The van der Waals surface area contributed by atoms with E-state index in [9.17, 15) is 10.2 Å². The van der Waals surface area contributed by atoms with Gasteiger partial charge < -0.3 is 10.2 Å². The van der Waals surface area contributed by atoms with Crippen LogP contribution in [0.15, 0.2) is 78.9 Å². The van der Waals surface area contributed by atoms with E-state index in [0.29, 0.717) is 24.3 Å². The molecule has 2 nitrogen and oxygen atoms in total. The van der Waals surface area contributed by atoms with Crippen molar-refractivity contribution in [3.63, 3.8) is 0 Å². The van der Waals surface area contributed by atoms with Crippen LogP contribution >= 0.6 is 0 Å². The summed E-state index contributed by atoms with van der Waals surface area (Å²) >= 11 is 0. The van der Waals surface area contributed by atoms with Gasteiger partial charge in [0.05, 0.1) is 0 Å². The van der Waals surface area contributed by atoms with Gasteiger partial charge in [-0.15, -0.1) is 0 Å². The van der Waals surface area contributed by atoms with E-state index in [2.05, 4.69) is 30.4 Å². The highest BCUT2D eigenvalue weighted by molar-refractivity contribution is 5.66. The largest absolute Gasteiger partial charge is 0.508 e. The summed E-state index contributed by atoms with van der Waals surface area (Å²) in [4.78, 5) is 0. The van der Waals surface area contributed by atoms with Gasteiger partial charge in [-0.05, 0) is 47.2 Å². The third kappa shape index (κ3) is 2.80. The van der Waals surface area contributed by atoms with Gasteiger partial charge in [0.25, 0.3) is 0 Å². The molecule has 0 fully saturated rings. The molecule has 0 saturated heterocycles. The molecule has 0 radical (unpaired) electrons. The zero-order valence-electron chi connectivity index (χ0n) is 13.9. The van der Waals surface area contributed by atoms with Crippen molar-refractivity contribution in [1.29, 1.82) is 0 Å². The average molecular weight is 328 g/mol. The molecule has 124 valence electrons. The monoisotopic (exact) mass is 328 g/mol. The van der Waals surface area contributed by atoms with Crippen molar-refractivity contribution in [3.05, 3.63) is 101 Å². The first-order valence-corrected chi connectivity index (χ1v) is 8.50. The van der Waals surface area contributed by atoms with Crippen molar-refractivity contribution in [2.45, 2.75) is 18.3 Å². The van der Waals surface area contributed by atoms with Crippen molar-refractivity contribution in [1.82, 2.24) is 0 Å². The summed E-state index contributed by atoms with van der Waals surface area (Å²) in [6.45, 7) is 0. The van der Waals surface area contributed by atoms with Crippen LogP contribution in [0.3, 0.4) is 0 Å². The van der Waals surface area contributed by atoms with E-state index in [0.717, 1.165) is 11.1 Å². The van der Waals surface area contributed by atoms with Gasteiger partial charge in [0.1, 0.15) is 11.5 Å². The van der Waals surface area contributed by atoms with Crippen molar-refractivity contribution in [2.75, 3.05) is 0 Å². The van der Waals surface area contributed by atoms with Crippen molar-refractivity contribution < 1.29 is 10.2 Å². The third-order valence-electron chi connectivity index (χ3n) is 5.07. The first-order chi connectivity index (χ1) is 12.2. The maximum absolute atomic E-state index is 10.3. The van der Waals surface area contributed by atoms with Crippen LogP contribution in [-0.2, 0) is 18.3 Å². The molecule has 3 aromatic carbocycles. The summed E-state index contributed by atoms with van der Waals surface area (Å²) in [7, 11) is 0. The number of hydrogen-bond donors (Lipinski definition) is 2. The summed E-state index contributed by atoms with van der Waals surface area (Å²) in [5, 5.41) is 20.6. The van der Waals surface area contributed by atoms with E-state index in [1.54, 1.807) is 12.1 Å². The smallest absolute Gasteiger partial charge is 0.118 e. The molecule has 4 rings (SSSR count). The second-order valence-corrected chi connectivity index (χ2v) is 6.69. The minimum Gasteiger partial charge on any atom is -0.508 e. The van der Waals surface area contributed by atoms with Crippen molar-refractivity contribution in [2.24, 2.45) is 0 Å². The molecule has 2 N–H and O–H groups in total. The fourth-order valence-corrected chi connectivity index (χ4v) is 3.81. The first kappa shape index (κ1) is 15.5. The normalized spacial score (nSPS) is 14.4. The van der Waals surface area contributed by atoms with E-state index in [1.165, 1.54) is 11.1 Å². The number of phenolic OH excluding ortho intramolecular Hbond substituents is 2. The average Bonchev–Trinajstić information content (AvgIpc) is 2.98. The minimum absolute atomic E-state index is 0.283. The molecule has 0 aliphatic heterocycles. The Hall–Kier alpha value is -3.00. The van der Waals surface area contributed by atoms with E-state index < -0.39 is 0 Å². The molecule has 0 saturated carbocycles. The van der Waals surface area contributed by atoms with Crippen LogP contribution in [-0.4, -0.2) is 10.2 Å². The predicted molar refractivity (Wildman–Crippen MR) is 101 cm³/mol. The number of hydrogen-bond acceptors (Lipinski definition) is 2. The van der Waals surface area contributed by atoms with Crippen molar-refractivity contribution in [3.8, 4) is 11.5 Å². The second kappa shape index (κ2) is 6.14. The predicted octanol–water partition coefficient (Wildman–Crippen LogP) is 4.85. The van der Waals surface area contributed by atoms with Crippen LogP contribution in [0.1, 0.15) is 22.3 Å². The SMILES string of the molecule is Oc1ccccc1CC1(Cc2ccccc2O)C=Cc2ccccc21. The standard InChI is InChI=1S/C23H20O2/c24-21-11-5-2-8-18(21)15-23(16-19-9-3-6-12-22(19)25)14-13-17-7-1-4-10-20(17)23/h1-14,24-25H,15-16H2. The van der Waals surface area contributed by atoms with Gasteiger partial charge >= 0.3 is 0 Å². The summed E-state index contributed by atoms with van der Waals surface area (Å²) < 4.78 is 0. The lowest BCUT2D eigenvalue weighted by atomic mass is 9.73. The lowest BCUT2D eigenvalue weighted by Crippen LogP contribution is -2.28. The van der Waals surface area contributed by atoms with E-state index in [-0.39, 0.29) is 5.41 Å². The van der Waals surface area contributed by atoms with Crippen LogP contribution in [0.2, 0.25) is 0 Å². The Morgan fingerprint density at radius 1 is 0.640 bits per heavy atom. The Kier molecular flexibility index (Phi) is 3.81. The molecule has 3 aromatic rings. The van der Waals surface area contributed by atoms with Crippen LogP contribution in [0, 0.1) is 0 Å². The number of fused-ring (bicyclic) bond motifs is 1. The Labute approximate surface area is 147 Å². The number of rotatable bonds is 4. The maximum atomic E-state index is 10.3. The number of benzene rings is 3. The van der Waals surface area contributed by atoms with Crippen LogP contribution in [0.4, 0.5) is 0 Å². The highest BCUT2D eigenvalue weighted by atomic mass is 16.3. The molecule has 0 amide bonds. The summed E-state index contributed by atoms with van der Waals surface area (Å²) in [6, 6.07) is 23.3.